The molecule has 0 radical (unpaired) electrons. The highest BCUT2D eigenvalue weighted by molar-refractivity contribution is 7.90. The van der Waals surface area contributed by atoms with Crippen molar-refractivity contribution in [1.82, 2.24) is 4.98 Å². The van der Waals surface area contributed by atoms with Gasteiger partial charge in [0.05, 0.1) is 11.9 Å². The third-order valence-electron chi connectivity index (χ3n) is 2.43. The molecule has 0 amide bonds. The summed E-state index contributed by atoms with van der Waals surface area (Å²) in [7, 11) is -1.23. The van der Waals surface area contributed by atoms with E-state index in [1.807, 2.05) is 0 Å². The van der Waals surface area contributed by atoms with Crippen LogP contribution < -0.4 is 4.90 Å². The van der Waals surface area contributed by atoms with Gasteiger partial charge < -0.3 is 10.0 Å². The fourth-order valence-electron chi connectivity index (χ4n) is 1.46. The molecule has 0 saturated heterocycles. The van der Waals surface area contributed by atoms with Gasteiger partial charge in [0, 0.05) is 31.6 Å². The van der Waals surface area contributed by atoms with Crippen LogP contribution in [-0.2, 0) is 9.84 Å². The normalized spacial score (nSPS) is 13.4. The number of rotatable bonds is 5. The molecule has 1 rings (SSSR count). The number of pyridine rings is 1. The summed E-state index contributed by atoms with van der Waals surface area (Å²) in [4.78, 5) is 5.91. The van der Waals surface area contributed by atoms with Crippen LogP contribution in [0.5, 0.6) is 0 Å². The minimum Gasteiger partial charge on any atom is -0.389 e. The fraction of sp³-hybridized carbons (Fsp3) is 0.545. The van der Waals surface area contributed by atoms with Gasteiger partial charge in [-0.3, -0.25) is 0 Å². The molecule has 0 spiro atoms. The van der Waals surface area contributed by atoms with Crippen molar-refractivity contribution in [3.63, 3.8) is 0 Å². The van der Waals surface area contributed by atoms with E-state index in [0.717, 1.165) is 0 Å². The number of nitrogens with zero attached hydrogens (tertiary/aromatic N) is 2. The lowest BCUT2D eigenvalue weighted by molar-refractivity contribution is 0.199. The molecule has 0 aliphatic carbocycles. The Morgan fingerprint density at radius 1 is 1.53 bits per heavy atom. The molecule has 0 aromatic carbocycles. The zero-order valence-electron chi connectivity index (χ0n) is 10.3. The summed E-state index contributed by atoms with van der Waals surface area (Å²) < 4.78 is 22.2. The summed E-state index contributed by atoms with van der Waals surface area (Å²) in [5.74, 6) is 0.686. The maximum Gasteiger partial charge on any atom is 0.149 e. The number of aliphatic hydroxyl groups excluding tert-OH is 1. The van der Waals surface area contributed by atoms with Gasteiger partial charge in [-0.2, -0.15) is 0 Å². The maximum absolute atomic E-state index is 11.1. The Balaban J connectivity index is 2.85. The van der Waals surface area contributed by atoms with Crippen molar-refractivity contribution in [3.05, 3.63) is 23.9 Å². The second-order valence-electron chi connectivity index (χ2n) is 4.14. The van der Waals surface area contributed by atoms with E-state index in [2.05, 4.69) is 4.98 Å². The molecular weight excluding hydrogens is 240 g/mol. The summed E-state index contributed by atoms with van der Waals surface area (Å²) >= 11 is 0. The van der Waals surface area contributed by atoms with Crippen LogP contribution in [0.1, 0.15) is 18.6 Å². The number of aromatic nitrogens is 1. The Morgan fingerprint density at radius 2 is 2.18 bits per heavy atom. The van der Waals surface area contributed by atoms with Gasteiger partial charge in [-0.25, -0.2) is 13.4 Å². The molecule has 1 heterocycles. The quantitative estimate of drug-likeness (QED) is 0.838. The molecule has 0 aliphatic rings. The summed E-state index contributed by atoms with van der Waals surface area (Å²) in [6.45, 7) is 2.01. The van der Waals surface area contributed by atoms with Gasteiger partial charge in [-0.05, 0) is 13.0 Å². The number of hydrogen-bond acceptors (Lipinski definition) is 5. The van der Waals surface area contributed by atoms with Crippen LogP contribution in [0.2, 0.25) is 0 Å². The Morgan fingerprint density at radius 3 is 2.71 bits per heavy atom. The zero-order valence-corrected chi connectivity index (χ0v) is 11.1. The highest BCUT2D eigenvalue weighted by Crippen LogP contribution is 2.22. The standard InChI is InChI=1S/C11H18N2O3S/c1-9(14)10-5-4-6-12-11(10)13(2)7-8-17(3,15)16/h4-6,9,14H,7-8H2,1-3H3/t9-/m0/s1. The van der Waals surface area contributed by atoms with Crippen molar-refractivity contribution >= 4 is 15.7 Å². The Hall–Kier alpha value is -1.14. The first-order chi connectivity index (χ1) is 7.81. The summed E-state index contributed by atoms with van der Waals surface area (Å²) in [5.41, 5.74) is 0.698. The second kappa shape index (κ2) is 5.46. The van der Waals surface area contributed by atoms with E-state index < -0.39 is 15.9 Å². The third-order valence-corrected chi connectivity index (χ3v) is 3.35. The van der Waals surface area contributed by atoms with Gasteiger partial charge in [0.25, 0.3) is 0 Å². The molecule has 0 saturated carbocycles. The molecule has 5 nitrogen and oxygen atoms in total. The molecule has 1 N–H and O–H groups in total. The van der Waals surface area contributed by atoms with Crippen LogP contribution in [0.15, 0.2) is 18.3 Å². The van der Waals surface area contributed by atoms with Crippen LogP contribution >= 0.6 is 0 Å². The van der Waals surface area contributed by atoms with Crippen molar-refractivity contribution in [2.75, 3.05) is 30.5 Å². The molecule has 1 aromatic rings. The molecule has 0 aliphatic heterocycles. The lowest BCUT2D eigenvalue weighted by atomic mass is 10.1. The van der Waals surface area contributed by atoms with Crippen LogP contribution in [-0.4, -0.2) is 44.1 Å². The molecule has 0 unspecified atom stereocenters. The molecule has 0 bridgehead atoms. The van der Waals surface area contributed by atoms with Gasteiger partial charge in [0.15, 0.2) is 0 Å². The predicted molar refractivity (Wildman–Crippen MR) is 67.9 cm³/mol. The van der Waals surface area contributed by atoms with Gasteiger partial charge in [0.1, 0.15) is 15.7 Å². The summed E-state index contributed by atoms with van der Waals surface area (Å²) in [5, 5.41) is 9.60. The lowest BCUT2D eigenvalue weighted by Crippen LogP contribution is -2.26. The highest BCUT2D eigenvalue weighted by atomic mass is 32.2. The van der Waals surface area contributed by atoms with E-state index in [0.29, 0.717) is 17.9 Å². The monoisotopic (exact) mass is 258 g/mol. The van der Waals surface area contributed by atoms with Gasteiger partial charge in [-0.15, -0.1) is 0 Å². The van der Waals surface area contributed by atoms with Crippen LogP contribution in [0, 0.1) is 0 Å². The number of anilines is 1. The Labute approximate surface area is 102 Å². The van der Waals surface area contributed by atoms with Crippen LogP contribution in [0.3, 0.4) is 0 Å². The summed E-state index contributed by atoms with van der Waals surface area (Å²) in [6, 6.07) is 3.53. The second-order valence-corrected chi connectivity index (χ2v) is 6.40. The first-order valence-electron chi connectivity index (χ1n) is 5.33. The number of sulfone groups is 1. The number of aliphatic hydroxyl groups is 1. The van der Waals surface area contributed by atoms with Crippen molar-refractivity contribution in [2.45, 2.75) is 13.0 Å². The first kappa shape index (κ1) is 13.9. The van der Waals surface area contributed by atoms with E-state index in [-0.39, 0.29) is 5.75 Å². The molecule has 6 heteroatoms. The van der Waals surface area contributed by atoms with Crippen molar-refractivity contribution in [2.24, 2.45) is 0 Å². The van der Waals surface area contributed by atoms with Gasteiger partial charge in [0.2, 0.25) is 0 Å². The summed E-state index contributed by atoms with van der Waals surface area (Å²) in [6.07, 6.45) is 2.20. The largest absolute Gasteiger partial charge is 0.389 e. The molecule has 1 atom stereocenters. The van der Waals surface area contributed by atoms with Crippen LogP contribution in [0.25, 0.3) is 0 Å². The average Bonchev–Trinajstić information content (AvgIpc) is 2.25. The SMILES string of the molecule is C[C@H](O)c1cccnc1N(C)CCS(C)(=O)=O. The molecule has 17 heavy (non-hydrogen) atoms. The average molecular weight is 258 g/mol. The van der Waals surface area contributed by atoms with Crippen molar-refractivity contribution in [3.8, 4) is 0 Å². The Kier molecular flexibility index (Phi) is 4.47. The van der Waals surface area contributed by atoms with E-state index in [1.165, 1.54) is 6.26 Å². The van der Waals surface area contributed by atoms with E-state index >= 15 is 0 Å². The topological polar surface area (TPSA) is 70.5 Å². The van der Waals surface area contributed by atoms with Gasteiger partial charge in [-0.1, -0.05) is 6.07 Å². The lowest BCUT2D eigenvalue weighted by Gasteiger charge is -2.21. The minimum atomic E-state index is -2.99. The first-order valence-corrected chi connectivity index (χ1v) is 7.39. The van der Waals surface area contributed by atoms with E-state index in [1.54, 1.807) is 37.2 Å². The Bertz CT molecular complexity index is 471. The molecule has 1 aromatic heterocycles. The molecule has 0 fully saturated rings. The highest BCUT2D eigenvalue weighted by Gasteiger charge is 2.13. The van der Waals surface area contributed by atoms with Crippen LogP contribution in [0.4, 0.5) is 5.82 Å². The fourth-order valence-corrected chi connectivity index (χ4v) is 2.07. The predicted octanol–water partition coefficient (Wildman–Crippen LogP) is 0.616. The molecular formula is C11H18N2O3S. The maximum atomic E-state index is 11.1. The van der Waals surface area contributed by atoms with E-state index in [9.17, 15) is 13.5 Å². The smallest absolute Gasteiger partial charge is 0.149 e. The third kappa shape index (κ3) is 4.32. The van der Waals surface area contributed by atoms with E-state index in [4.69, 9.17) is 0 Å². The molecule has 96 valence electrons. The van der Waals surface area contributed by atoms with Gasteiger partial charge >= 0.3 is 0 Å². The van der Waals surface area contributed by atoms with Crippen molar-refractivity contribution < 1.29 is 13.5 Å². The van der Waals surface area contributed by atoms with Crippen molar-refractivity contribution in [1.29, 1.82) is 0 Å². The zero-order chi connectivity index (χ0) is 13.1. The minimum absolute atomic E-state index is 0.0688. The number of hydrogen-bond donors (Lipinski definition) is 1.